The lowest BCUT2D eigenvalue weighted by molar-refractivity contribution is -0.121. The summed E-state index contributed by atoms with van der Waals surface area (Å²) in [5.41, 5.74) is 0.990. The van der Waals surface area contributed by atoms with Crippen molar-refractivity contribution in [2.24, 2.45) is 0 Å². The van der Waals surface area contributed by atoms with Crippen LogP contribution in [0.1, 0.15) is 38.3 Å². The molecule has 0 aromatic heterocycles. The Bertz CT molecular complexity index is 531. The SMILES string of the molecule is CC(NC(C)c1cccc(Cl)c1)C(=O)NC(=O)NC1CC1. The molecule has 0 aliphatic heterocycles. The molecule has 2 atom stereocenters. The van der Waals surface area contributed by atoms with E-state index >= 15 is 0 Å². The Hall–Kier alpha value is -1.59. The minimum absolute atomic E-state index is 0.0454. The van der Waals surface area contributed by atoms with E-state index in [-0.39, 0.29) is 18.0 Å². The van der Waals surface area contributed by atoms with Crippen LogP contribution in [-0.4, -0.2) is 24.0 Å². The maximum absolute atomic E-state index is 11.9. The third-order valence-corrected chi connectivity index (χ3v) is 3.63. The third-order valence-electron chi connectivity index (χ3n) is 3.39. The Morgan fingerprint density at radius 2 is 2.00 bits per heavy atom. The molecule has 3 N–H and O–H groups in total. The monoisotopic (exact) mass is 309 g/mol. The van der Waals surface area contributed by atoms with Gasteiger partial charge in [0.2, 0.25) is 5.91 Å². The maximum atomic E-state index is 11.9. The van der Waals surface area contributed by atoms with Gasteiger partial charge >= 0.3 is 6.03 Å². The molecule has 5 nitrogen and oxygen atoms in total. The Kier molecular flexibility index (Phi) is 5.20. The molecule has 0 bridgehead atoms. The number of rotatable bonds is 5. The summed E-state index contributed by atoms with van der Waals surface area (Å²) in [5.74, 6) is -0.345. The zero-order valence-electron chi connectivity index (χ0n) is 12.2. The van der Waals surface area contributed by atoms with E-state index in [4.69, 9.17) is 11.6 Å². The number of imide groups is 1. The van der Waals surface area contributed by atoms with E-state index in [1.54, 1.807) is 13.0 Å². The van der Waals surface area contributed by atoms with Crippen LogP contribution < -0.4 is 16.0 Å². The highest BCUT2D eigenvalue weighted by Gasteiger charge is 2.25. The van der Waals surface area contributed by atoms with Crippen molar-refractivity contribution in [2.75, 3.05) is 0 Å². The highest BCUT2D eigenvalue weighted by molar-refractivity contribution is 6.30. The van der Waals surface area contributed by atoms with Crippen LogP contribution >= 0.6 is 11.6 Å². The van der Waals surface area contributed by atoms with Crippen LogP contribution in [0.25, 0.3) is 0 Å². The van der Waals surface area contributed by atoms with Gasteiger partial charge in [-0.05, 0) is 44.4 Å². The smallest absolute Gasteiger partial charge is 0.321 e. The Balaban J connectivity index is 1.83. The highest BCUT2D eigenvalue weighted by atomic mass is 35.5. The van der Waals surface area contributed by atoms with E-state index in [1.165, 1.54) is 0 Å². The van der Waals surface area contributed by atoms with Gasteiger partial charge in [-0.25, -0.2) is 4.79 Å². The second-order valence-electron chi connectivity index (χ2n) is 5.40. The first-order valence-corrected chi connectivity index (χ1v) is 7.46. The van der Waals surface area contributed by atoms with Crippen molar-refractivity contribution in [1.82, 2.24) is 16.0 Å². The molecule has 1 aromatic rings. The minimum atomic E-state index is -0.482. The van der Waals surface area contributed by atoms with Gasteiger partial charge in [0.25, 0.3) is 0 Å². The lowest BCUT2D eigenvalue weighted by atomic mass is 10.1. The highest BCUT2D eigenvalue weighted by Crippen LogP contribution is 2.18. The number of hydrogen-bond donors (Lipinski definition) is 3. The third kappa shape index (κ3) is 5.02. The molecule has 1 fully saturated rings. The lowest BCUT2D eigenvalue weighted by Crippen LogP contribution is -2.48. The van der Waals surface area contributed by atoms with Gasteiger partial charge in [-0.3, -0.25) is 15.4 Å². The van der Waals surface area contributed by atoms with Crippen molar-refractivity contribution in [3.63, 3.8) is 0 Å². The molecular weight excluding hydrogens is 290 g/mol. The van der Waals surface area contributed by atoms with E-state index in [2.05, 4.69) is 16.0 Å². The summed E-state index contributed by atoms with van der Waals surface area (Å²) in [4.78, 5) is 23.4. The summed E-state index contributed by atoms with van der Waals surface area (Å²) in [5, 5.41) is 8.86. The van der Waals surface area contributed by atoms with Crippen LogP contribution in [-0.2, 0) is 4.79 Å². The van der Waals surface area contributed by atoms with Gasteiger partial charge in [-0.15, -0.1) is 0 Å². The molecule has 3 amide bonds. The molecule has 1 aromatic carbocycles. The summed E-state index contributed by atoms with van der Waals surface area (Å²) < 4.78 is 0. The molecule has 0 saturated heterocycles. The van der Waals surface area contributed by atoms with Gasteiger partial charge in [-0.2, -0.15) is 0 Å². The van der Waals surface area contributed by atoms with Crippen molar-refractivity contribution in [3.05, 3.63) is 34.9 Å². The molecule has 114 valence electrons. The zero-order valence-corrected chi connectivity index (χ0v) is 12.9. The van der Waals surface area contributed by atoms with Crippen LogP contribution in [0.3, 0.4) is 0 Å². The van der Waals surface area contributed by atoms with Crippen LogP contribution in [0, 0.1) is 0 Å². The molecule has 2 rings (SSSR count). The van der Waals surface area contributed by atoms with Crippen molar-refractivity contribution in [3.8, 4) is 0 Å². The largest absolute Gasteiger partial charge is 0.335 e. The summed E-state index contributed by atoms with van der Waals surface area (Å²) >= 11 is 5.95. The average Bonchev–Trinajstić information content (AvgIpc) is 3.22. The van der Waals surface area contributed by atoms with Crippen LogP contribution in [0.15, 0.2) is 24.3 Å². The molecule has 1 saturated carbocycles. The number of carbonyl (C=O) groups is 2. The molecular formula is C15H20ClN3O2. The van der Waals surface area contributed by atoms with Gasteiger partial charge in [0.1, 0.15) is 0 Å². The number of urea groups is 1. The fourth-order valence-corrected chi connectivity index (χ4v) is 2.19. The Morgan fingerprint density at radius 3 is 2.62 bits per heavy atom. The summed E-state index contributed by atoms with van der Waals surface area (Å²) in [7, 11) is 0. The first-order valence-electron chi connectivity index (χ1n) is 7.08. The second-order valence-corrected chi connectivity index (χ2v) is 5.84. The minimum Gasteiger partial charge on any atom is -0.335 e. The standard InChI is InChI=1S/C15H20ClN3O2/c1-9(11-4-3-5-12(16)8-11)17-10(2)14(20)19-15(21)18-13-6-7-13/h3-5,8-10,13,17H,6-7H2,1-2H3,(H2,18,19,20,21). The van der Waals surface area contributed by atoms with Crippen molar-refractivity contribution < 1.29 is 9.59 Å². The normalized spacial score (nSPS) is 16.9. The van der Waals surface area contributed by atoms with Gasteiger partial charge in [-0.1, -0.05) is 23.7 Å². The zero-order chi connectivity index (χ0) is 15.4. The predicted octanol–water partition coefficient (Wildman–Crippen LogP) is 2.37. The average molecular weight is 310 g/mol. The Labute approximate surface area is 129 Å². The van der Waals surface area contributed by atoms with E-state index in [9.17, 15) is 9.59 Å². The number of carbonyl (C=O) groups excluding carboxylic acids is 2. The number of halogens is 1. The number of nitrogens with one attached hydrogen (secondary N) is 3. The lowest BCUT2D eigenvalue weighted by Gasteiger charge is -2.20. The molecule has 0 heterocycles. The first kappa shape index (κ1) is 15.8. The quantitative estimate of drug-likeness (QED) is 0.782. The van der Waals surface area contributed by atoms with Gasteiger partial charge in [0, 0.05) is 17.1 Å². The number of benzene rings is 1. The maximum Gasteiger partial charge on any atom is 0.321 e. The van der Waals surface area contributed by atoms with Gasteiger partial charge < -0.3 is 5.32 Å². The second kappa shape index (κ2) is 6.91. The van der Waals surface area contributed by atoms with E-state index in [0.29, 0.717) is 5.02 Å². The van der Waals surface area contributed by atoms with Crippen molar-refractivity contribution in [2.45, 2.75) is 44.8 Å². The van der Waals surface area contributed by atoms with Gasteiger partial charge in [0.05, 0.1) is 6.04 Å². The number of amides is 3. The van der Waals surface area contributed by atoms with Crippen molar-refractivity contribution >= 4 is 23.5 Å². The summed E-state index contributed by atoms with van der Waals surface area (Å²) in [6.45, 7) is 3.67. The first-order chi connectivity index (χ1) is 9.95. The van der Waals surface area contributed by atoms with Crippen LogP contribution in [0.2, 0.25) is 5.02 Å². The Morgan fingerprint density at radius 1 is 1.29 bits per heavy atom. The van der Waals surface area contributed by atoms with E-state index < -0.39 is 12.1 Å². The van der Waals surface area contributed by atoms with Crippen molar-refractivity contribution in [1.29, 1.82) is 0 Å². The molecule has 0 spiro atoms. The summed E-state index contributed by atoms with van der Waals surface area (Å²) in [6, 6.07) is 6.73. The molecule has 0 radical (unpaired) electrons. The fraction of sp³-hybridized carbons (Fsp3) is 0.467. The molecule has 21 heavy (non-hydrogen) atoms. The van der Waals surface area contributed by atoms with Crippen LogP contribution in [0.5, 0.6) is 0 Å². The fourth-order valence-electron chi connectivity index (χ4n) is 1.99. The van der Waals surface area contributed by atoms with E-state index in [1.807, 2.05) is 25.1 Å². The molecule has 1 aliphatic rings. The molecule has 1 aliphatic carbocycles. The predicted molar refractivity (Wildman–Crippen MR) is 82.2 cm³/mol. The number of hydrogen-bond acceptors (Lipinski definition) is 3. The van der Waals surface area contributed by atoms with Crippen LogP contribution in [0.4, 0.5) is 4.79 Å². The molecule has 6 heteroatoms. The molecule has 2 unspecified atom stereocenters. The topological polar surface area (TPSA) is 70.2 Å². The van der Waals surface area contributed by atoms with Gasteiger partial charge in [0.15, 0.2) is 0 Å². The van der Waals surface area contributed by atoms with E-state index in [0.717, 1.165) is 18.4 Å². The summed E-state index contributed by atoms with van der Waals surface area (Å²) in [6.07, 6.45) is 1.97.